The molecule has 3 rings (SSSR count). The minimum atomic E-state index is -4.45. The van der Waals surface area contributed by atoms with Gasteiger partial charge in [0, 0.05) is 18.7 Å². The summed E-state index contributed by atoms with van der Waals surface area (Å²) in [5, 5.41) is 2.61. The van der Waals surface area contributed by atoms with Crippen LogP contribution in [0.4, 0.5) is 13.2 Å². The summed E-state index contributed by atoms with van der Waals surface area (Å²) < 4.78 is 37.7. The van der Waals surface area contributed by atoms with E-state index in [0.29, 0.717) is 19.5 Å². The number of benzene rings is 2. The Morgan fingerprint density at radius 2 is 1.73 bits per heavy atom. The van der Waals surface area contributed by atoms with E-state index in [-0.39, 0.29) is 11.5 Å². The number of hydrogen-bond acceptors (Lipinski definition) is 2. The van der Waals surface area contributed by atoms with E-state index < -0.39 is 23.7 Å². The third-order valence-electron chi connectivity index (χ3n) is 4.29. The van der Waals surface area contributed by atoms with Crippen molar-refractivity contribution in [3.8, 4) is 0 Å². The second-order valence-electron chi connectivity index (χ2n) is 6.14. The summed E-state index contributed by atoms with van der Waals surface area (Å²) in [6, 6.07) is 12.8. The van der Waals surface area contributed by atoms with Gasteiger partial charge < -0.3 is 10.2 Å². The van der Waals surface area contributed by atoms with E-state index in [1.807, 2.05) is 30.3 Å². The molecule has 0 bridgehead atoms. The van der Waals surface area contributed by atoms with Gasteiger partial charge in [0.1, 0.15) is 6.04 Å². The molecular weight excluding hydrogens is 345 g/mol. The number of nitrogens with one attached hydrogen (secondary N) is 1. The molecule has 2 amide bonds. The van der Waals surface area contributed by atoms with E-state index in [1.54, 1.807) is 4.90 Å². The molecule has 1 N–H and O–H groups in total. The molecule has 136 valence electrons. The van der Waals surface area contributed by atoms with E-state index in [4.69, 9.17) is 0 Å². The molecular formula is C19H17F3N2O2. The molecule has 1 heterocycles. The highest BCUT2D eigenvalue weighted by Gasteiger charge is 2.33. The van der Waals surface area contributed by atoms with Crippen LogP contribution in [-0.2, 0) is 17.5 Å². The number of nitrogens with zero attached hydrogens (tertiary/aromatic N) is 1. The number of alkyl halides is 3. The standard InChI is InChI=1S/C19H17F3N2O2/c20-19(21,22)15-8-6-14(7-9-15)17(25)23-16-10-11-24(18(16)26)12-13-4-2-1-3-5-13/h1-9,16H,10-12H2,(H,23,25)/t16-/m1/s1. The van der Waals surface area contributed by atoms with Crippen LogP contribution in [0.5, 0.6) is 0 Å². The number of amides is 2. The highest BCUT2D eigenvalue weighted by molar-refractivity contribution is 5.98. The van der Waals surface area contributed by atoms with Crippen LogP contribution in [0.2, 0.25) is 0 Å². The van der Waals surface area contributed by atoms with Gasteiger partial charge in [0.15, 0.2) is 0 Å². The summed E-state index contributed by atoms with van der Waals surface area (Å²) in [5.74, 6) is -0.743. The summed E-state index contributed by atoms with van der Waals surface area (Å²) >= 11 is 0. The summed E-state index contributed by atoms with van der Waals surface area (Å²) in [4.78, 5) is 26.3. The Labute approximate surface area is 148 Å². The van der Waals surface area contributed by atoms with Crippen LogP contribution in [0, 0.1) is 0 Å². The molecule has 0 radical (unpaired) electrons. The van der Waals surface area contributed by atoms with Gasteiger partial charge in [-0.15, -0.1) is 0 Å². The van der Waals surface area contributed by atoms with Gasteiger partial charge in [-0.05, 0) is 36.2 Å². The van der Waals surface area contributed by atoms with Crippen molar-refractivity contribution >= 4 is 11.8 Å². The molecule has 0 aromatic heterocycles. The molecule has 0 spiro atoms. The van der Waals surface area contributed by atoms with E-state index in [0.717, 1.165) is 29.8 Å². The molecule has 1 aliphatic rings. The zero-order valence-electron chi connectivity index (χ0n) is 13.8. The fourth-order valence-electron chi connectivity index (χ4n) is 2.89. The predicted molar refractivity (Wildman–Crippen MR) is 89.2 cm³/mol. The fourth-order valence-corrected chi connectivity index (χ4v) is 2.89. The summed E-state index contributed by atoms with van der Waals surface area (Å²) in [7, 11) is 0. The van der Waals surface area contributed by atoms with Crippen LogP contribution in [0.3, 0.4) is 0 Å². The Bertz CT molecular complexity index is 789. The number of carbonyl (C=O) groups excluding carboxylic acids is 2. The summed E-state index contributed by atoms with van der Waals surface area (Å²) in [6.07, 6.45) is -3.98. The predicted octanol–water partition coefficient (Wildman–Crippen LogP) is 3.24. The van der Waals surface area contributed by atoms with E-state index in [9.17, 15) is 22.8 Å². The number of hydrogen-bond donors (Lipinski definition) is 1. The van der Waals surface area contributed by atoms with Crippen LogP contribution < -0.4 is 5.32 Å². The van der Waals surface area contributed by atoms with Crippen molar-refractivity contribution in [2.24, 2.45) is 0 Å². The average Bonchev–Trinajstić information content (AvgIpc) is 2.95. The van der Waals surface area contributed by atoms with Gasteiger partial charge in [-0.25, -0.2) is 0 Å². The van der Waals surface area contributed by atoms with Crippen LogP contribution >= 0.6 is 0 Å². The molecule has 0 aliphatic carbocycles. The topological polar surface area (TPSA) is 49.4 Å². The minimum Gasteiger partial charge on any atom is -0.340 e. The lowest BCUT2D eigenvalue weighted by Gasteiger charge is -2.17. The monoisotopic (exact) mass is 362 g/mol. The zero-order valence-corrected chi connectivity index (χ0v) is 13.8. The van der Waals surface area contributed by atoms with Crippen molar-refractivity contribution in [2.75, 3.05) is 6.54 Å². The number of carbonyl (C=O) groups is 2. The molecule has 1 saturated heterocycles. The average molecular weight is 362 g/mol. The first-order chi connectivity index (χ1) is 12.3. The Morgan fingerprint density at radius 3 is 2.35 bits per heavy atom. The van der Waals surface area contributed by atoms with E-state index in [1.165, 1.54) is 0 Å². The Kier molecular flexibility index (Phi) is 4.97. The fraction of sp³-hybridized carbons (Fsp3) is 0.263. The summed E-state index contributed by atoms with van der Waals surface area (Å²) in [6.45, 7) is 0.984. The Balaban J connectivity index is 1.60. The van der Waals surface area contributed by atoms with Crippen molar-refractivity contribution in [1.82, 2.24) is 10.2 Å². The van der Waals surface area contributed by atoms with Gasteiger partial charge in [0.25, 0.3) is 5.91 Å². The third kappa shape index (κ3) is 4.04. The Morgan fingerprint density at radius 1 is 1.08 bits per heavy atom. The number of rotatable bonds is 4. The lowest BCUT2D eigenvalue weighted by Crippen LogP contribution is -2.41. The van der Waals surface area contributed by atoms with Crippen molar-refractivity contribution in [3.63, 3.8) is 0 Å². The normalized spacial score (nSPS) is 17.4. The largest absolute Gasteiger partial charge is 0.416 e. The van der Waals surface area contributed by atoms with Gasteiger partial charge in [0.2, 0.25) is 5.91 Å². The SMILES string of the molecule is O=C(N[C@@H]1CCN(Cc2ccccc2)C1=O)c1ccc(C(F)(F)F)cc1. The first kappa shape index (κ1) is 18.0. The quantitative estimate of drug-likeness (QED) is 0.908. The van der Waals surface area contributed by atoms with E-state index in [2.05, 4.69) is 5.32 Å². The molecule has 1 aliphatic heterocycles. The second kappa shape index (κ2) is 7.19. The second-order valence-corrected chi connectivity index (χ2v) is 6.14. The molecule has 26 heavy (non-hydrogen) atoms. The van der Waals surface area contributed by atoms with Gasteiger partial charge in [-0.3, -0.25) is 9.59 Å². The van der Waals surface area contributed by atoms with E-state index >= 15 is 0 Å². The highest BCUT2D eigenvalue weighted by Crippen LogP contribution is 2.29. The smallest absolute Gasteiger partial charge is 0.340 e. The maximum Gasteiger partial charge on any atom is 0.416 e. The van der Waals surface area contributed by atoms with Crippen molar-refractivity contribution < 1.29 is 22.8 Å². The number of halogens is 3. The van der Waals surface area contributed by atoms with Crippen LogP contribution in [0.15, 0.2) is 54.6 Å². The molecule has 0 unspecified atom stereocenters. The molecule has 4 nitrogen and oxygen atoms in total. The summed E-state index contributed by atoms with van der Waals surface area (Å²) in [5.41, 5.74) is 0.267. The first-order valence-electron chi connectivity index (χ1n) is 8.15. The maximum absolute atomic E-state index is 12.6. The van der Waals surface area contributed by atoms with Crippen LogP contribution in [0.25, 0.3) is 0 Å². The van der Waals surface area contributed by atoms with Crippen molar-refractivity contribution in [2.45, 2.75) is 25.2 Å². The van der Waals surface area contributed by atoms with Crippen LogP contribution in [0.1, 0.15) is 27.9 Å². The highest BCUT2D eigenvalue weighted by atomic mass is 19.4. The lowest BCUT2D eigenvalue weighted by atomic mass is 10.1. The Hall–Kier alpha value is -2.83. The molecule has 2 aromatic rings. The number of likely N-dealkylation sites (tertiary alicyclic amines) is 1. The van der Waals surface area contributed by atoms with Gasteiger partial charge in [0.05, 0.1) is 5.56 Å². The molecule has 1 fully saturated rings. The van der Waals surface area contributed by atoms with Gasteiger partial charge in [-0.2, -0.15) is 13.2 Å². The molecule has 0 saturated carbocycles. The zero-order chi connectivity index (χ0) is 18.7. The first-order valence-corrected chi connectivity index (χ1v) is 8.15. The van der Waals surface area contributed by atoms with Crippen LogP contribution in [-0.4, -0.2) is 29.3 Å². The van der Waals surface area contributed by atoms with Gasteiger partial charge >= 0.3 is 6.18 Å². The van der Waals surface area contributed by atoms with Gasteiger partial charge in [-0.1, -0.05) is 30.3 Å². The van der Waals surface area contributed by atoms with Crippen molar-refractivity contribution in [1.29, 1.82) is 0 Å². The molecule has 2 aromatic carbocycles. The lowest BCUT2D eigenvalue weighted by molar-refractivity contribution is -0.137. The molecule has 7 heteroatoms. The van der Waals surface area contributed by atoms with Crippen molar-refractivity contribution in [3.05, 3.63) is 71.3 Å². The molecule has 1 atom stereocenters. The maximum atomic E-state index is 12.6. The minimum absolute atomic E-state index is 0.0901. The third-order valence-corrected chi connectivity index (χ3v) is 4.29.